The average Bonchev–Trinajstić information content (AvgIpc) is 3.17. The van der Waals surface area contributed by atoms with Gasteiger partial charge >= 0.3 is 0 Å². The van der Waals surface area contributed by atoms with E-state index in [4.69, 9.17) is 4.42 Å². The summed E-state index contributed by atoms with van der Waals surface area (Å²) in [5.41, 5.74) is 2.83. The van der Waals surface area contributed by atoms with Crippen molar-refractivity contribution in [3.63, 3.8) is 0 Å². The molecule has 0 unspecified atom stereocenters. The van der Waals surface area contributed by atoms with E-state index < -0.39 is 0 Å². The molecule has 3 heterocycles. The molecule has 0 bridgehead atoms. The first-order chi connectivity index (χ1) is 12.7. The van der Waals surface area contributed by atoms with E-state index in [9.17, 15) is 4.79 Å². The van der Waals surface area contributed by atoms with Crippen LogP contribution < -0.4 is 0 Å². The van der Waals surface area contributed by atoms with Gasteiger partial charge < -0.3 is 9.32 Å². The van der Waals surface area contributed by atoms with E-state index in [1.807, 2.05) is 12.3 Å². The standard InChI is InChI=1S/C22H28N2O2/c25-21-7-11-22(18-24(21)13-8-19-5-2-1-3-6-19)10-4-12-23(17-22)15-20-9-14-26-16-20/h1-3,5-6,9,14,16H,4,7-8,10-13,15,17-18H2/t22-/m0/s1. The molecule has 0 N–H and O–H groups in total. The summed E-state index contributed by atoms with van der Waals surface area (Å²) in [6.45, 7) is 4.95. The van der Waals surface area contributed by atoms with Crippen LogP contribution >= 0.6 is 0 Å². The summed E-state index contributed by atoms with van der Waals surface area (Å²) >= 11 is 0. The van der Waals surface area contributed by atoms with Crippen LogP contribution in [0.25, 0.3) is 0 Å². The van der Waals surface area contributed by atoms with Crippen LogP contribution in [0, 0.1) is 5.41 Å². The highest BCUT2D eigenvalue weighted by Crippen LogP contribution is 2.39. The summed E-state index contributed by atoms with van der Waals surface area (Å²) in [7, 11) is 0. The molecule has 138 valence electrons. The Kier molecular flexibility index (Phi) is 5.11. The lowest BCUT2D eigenvalue weighted by atomic mass is 9.73. The smallest absolute Gasteiger partial charge is 0.222 e. The summed E-state index contributed by atoms with van der Waals surface area (Å²) in [6, 6.07) is 12.5. The molecule has 4 heteroatoms. The molecule has 2 fully saturated rings. The summed E-state index contributed by atoms with van der Waals surface area (Å²) in [5.74, 6) is 0.332. The Hall–Kier alpha value is -2.07. The number of benzene rings is 1. The third-order valence-corrected chi connectivity index (χ3v) is 5.99. The van der Waals surface area contributed by atoms with Gasteiger partial charge in [0.2, 0.25) is 5.91 Å². The van der Waals surface area contributed by atoms with E-state index in [2.05, 4.69) is 40.1 Å². The highest BCUT2D eigenvalue weighted by Gasteiger charge is 2.41. The van der Waals surface area contributed by atoms with Crippen molar-refractivity contribution in [1.29, 1.82) is 0 Å². The van der Waals surface area contributed by atoms with Gasteiger partial charge in [-0.3, -0.25) is 9.69 Å². The first-order valence-electron chi connectivity index (χ1n) is 9.78. The number of amides is 1. The Morgan fingerprint density at radius 1 is 1.04 bits per heavy atom. The van der Waals surface area contributed by atoms with Gasteiger partial charge in [0.15, 0.2) is 0 Å². The SMILES string of the molecule is O=C1CC[C@]2(CCCN(Cc3ccoc3)C2)CN1CCc1ccccc1. The number of hydrogen-bond donors (Lipinski definition) is 0. The Labute approximate surface area is 155 Å². The van der Waals surface area contributed by atoms with Crippen LogP contribution in [0.3, 0.4) is 0 Å². The van der Waals surface area contributed by atoms with Crippen molar-refractivity contribution >= 4 is 5.91 Å². The van der Waals surface area contributed by atoms with Crippen LogP contribution in [-0.2, 0) is 17.8 Å². The van der Waals surface area contributed by atoms with Gasteiger partial charge in [-0.2, -0.15) is 0 Å². The lowest BCUT2D eigenvalue weighted by molar-refractivity contribution is -0.139. The predicted octanol–water partition coefficient (Wildman–Crippen LogP) is 3.73. The normalized spacial score (nSPS) is 24.3. The van der Waals surface area contributed by atoms with Crippen molar-refractivity contribution in [2.45, 2.75) is 38.6 Å². The zero-order valence-corrected chi connectivity index (χ0v) is 15.4. The fraction of sp³-hybridized carbons (Fsp3) is 0.500. The molecule has 1 aromatic carbocycles. The number of carbonyl (C=O) groups is 1. The van der Waals surface area contributed by atoms with Gasteiger partial charge in [0, 0.05) is 43.6 Å². The molecule has 1 amide bonds. The quantitative estimate of drug-likeness (QED) is 0.823. The lowest BCUT2D eigenvalue weighted by Crippen LogP contribution is -2.54. The number of likely N-dealkylation sites (tertiary alicyclic amines) is 2. The average molecular weight is 352 g/mol. The molecule has 1 aromatic heterocycles. The number of carbonyl (C=O) groups excluding carboxylic acids is 1. The highest BCUT2D eigenvalue weighted by atomic mass is 16.3. The van der Waals surface area contributed by atoms with Gasteiger partial charge in [-0.15, -0.1) is 0 Å². The molecule has 2 aliphatic rings. The molecule has 4 rings (SSSR count). The second kappa shape index (κ2) is 7.67. The van der Waals surface area contributed by atoms with Gasteiger partial charge in [0.25, 0.3) is 0 Å². The van der Waals surface area contributed by atoms with Gasteiger partial charge in [-0.05, 0) is 43.9 Å². The van der Waals surface area contributed by atoms with E-state index in [0.29, 0.717) is 12.3 Å². The van der Waals surface area contributed by atoms with E-state index >= 15 is 0 Å². The molecule has 4 nitrogen and oxygen atoms in total. The predicted molar refractivity (Wildman–Crippen MR) is 102 cm³/mol. The lowest BCUT2D eigenvalue weighted by Gasteiger charge is -2.48. The summed E-state index contributed by atoms with van der Waals surface area (Å²) in [5, 5.41) is 0. The van der Waals surface area contributed by atoms with Crippen LogP contribution in [0.1, 0.15) is 36.8 Å². The minimum absolute atomic E-state index is 0.270. The molecule has 0 radical (unpaired) electrons. The molecule has 1 spiro atoms. The van der Waals surface area contributed by atoms with E-state index in [1.54, 1.807) is 6.26 Å². The Balaban J connectivity index is 1.38. The van der Waals surface area contributed by atoms with E-state index in [1.165, 1.54) is 24.0 Å². The Morgan fingerprint density at radius 2 is 1.92 bits per heavy atom. The Bertz CT molecular complexity index is 713. The van der Waals surface area contributed by atoms with Gasteiger partial charge in [0.1, 0.15) is 0 Å². The fourth-order valence-corrected chi connectivity index (χ4v) is 4.63. The van der Waals surface area contributed by atoms with Crippen molar-refractivity contribution in [2.24, 2.45) is 5.41 Å². The van der Waals surface area contributed by atoms with Gasteiger partial charge in [-0.1, -0.05) is 30.3 Å². The molecular formula is C22H28N2O2. The van der Waals surface area contributed by atoms with Crippen molar-refractivity contribution < 1.29 is 9.21 Å². The van der Waals surface area contributed by atoms with Crippen LogP contribution in [0.15, 0.2) is 53.3 Å². The van der Waals surface area contributed by atoms with Crippen LogP contribution in [0.5, 0.6) is 0 Å². The summed E-state index contributed by atoms with van der Waals surface area (Å²) in [6.07, 6.45) is 8.74. The minimum Gasteiger partial charge on any atom is -0.472 e. The fourth-order valence-electron chi connectivity index (χ4n) is 4.63. The van der Waals surface area contributed by atoms with Gasteiger partial charge in [-0.25, -0.2) is 0 Å². The topological polar surface area (TPSA) is 36.7 Å². The third kappa shape index (κ3) is 4.01. The van der Waals surface area contributed by atoms with Crippen molar-refractivity contribution in [3.05, 3.63) is 60.1 Å². The molecule has 1 atom stereocenters. The molecular weight excluding hydrogens is 324 g/mol. The van der Waals surface area contributed by atoms with Gasteiger partial charge in [0.05, 0.1) is 12.5 Å². The number of nitrogens with zero attached hydrogens (tertiary/aromatic N) is 2. The number of rotatable bonds is 5. The highest BCUT2D eigenvalue weighted by molar-refractivity contribution is 5.77. The molecule has 0 aliphatic carbocycles. The molecule has 2 aromatic rings. The molecule has 26 heavy (non-hydrogen) atoms. The first-order valence-corrected chi connectivity index (χ1v) is 9.78. The molecule has 0 saturated carbocycles. The van der Waals surface area contributed by atoms with Crippen LogP contribution in [0.2, 0.25) is 0 Å². The zero-order valence-electron chi connectivity index (χ0n) is 15.4. The van der Waals surface area contributed by atoms with Crippen molar-refractivity contribution in [3.8, 4) is 0 Å². The van der Waals surface area contributed by atoms with Crippen LogP contribution in [-0.4, -0.2) is 41.9 Å². The monoisotopic (exact) mass is 352 g/mol. The second-order valence-electron chi connectivity index (χ2n) is 8.00. The van der Waals surface area contributed by atoms with E-state index in [-0.39, 0.29) is 5.41 Å². The van der Waals surface area contributed by atoms with Crippen molar-refractivity contribution in [1.82, 2.24) is 9.80 Å². The number of furan rings is 1. The number of hydrogen-bond acceptors (Lipinski definition) is 3. The summed E-state index contributed by atoms with van der Waals surface area (Å²) < 4.78 is 5.22. The zero-order chi connectivity index (χ0) is 17.8. The largest absolute Gasteiger partial charge is 0.472 e. The maximum absolute atomic E-state index is 12.5. The maximum atomic E-state index is 12.5. The summed E-state index contributed by atoms with van der Waals surface area (Å²) in [4.78, 5) is 17.1. The molecule has 2 aliphatic heterocycles. The van der Waals surface area contributed by atoms with Crippen LogP contribution in [0.4, 0.5) is 0 Å². The van der Waals surface area contributed by atoms with E-state index in [0.717, 1.165) is 45.6 Å². The number of piperidine rings is 2. The Morgan fingerprint density at radius 3 is 2.73 bits per heavy atom. The second-order valence-corrected chi connectivity index (χ2v) is 8.00. The molecule has 2 saturated heterocycles. The first kappa shape index (κ1) is 17.3. The van der Waals surface area contributed by atoms with Crippen molar-refractivity contribution in [2.75, 3.05) is 26.2 Å². The maximum Gasteiger partial charge on any atom is 0.222 e. The third-order valence-electron chi connectivity index (χ3n) is 5.99. The minimum atomic E-state index is 0.270.